The number of hydrogen-bond donors (Lipinski definition) is 0. The molecule has 4 nitrogen and oxygen atoms in total. The van der Waals surface area contributed by atoms with Gasteiger partial charge in [0.15, 0.2) is 5.78 Å². The molecule has 2 atom stereocenters. The minimum absolute atomic E-state index is 0.219. The summed E-state index contributed by atoms with van der Waals surface area (Å²) < 4.78 is 16.0. The smallest absolute Gasteiger partial charge is 0.169 e. The number of aryl methyl sites for hydroxylation is 3. The number of ketones is 1. The molecule has 0 radical (unpaired) electrons. The Morgan fingerprint density at radius 2 is 1.09 bits per heavy atom. The second-order valence-corrected chi connectivity index (χ2v) is 21.8. The molecule has 66 heavy (non-hydrogen) atoms. The second-order valence-electron chi connectivity index (χ2n) is 21.8. The Kier molecular flexibility index (Phi) is 7.10. The third-order valence-corrected chi connectivity index (χ3v) is 18.5. The van der Waals surface area contributed by atoms with Crippen LogP contribution in [0.2, 0.25) is 0 Å². The molecule has 0 aliphatic heterocycles. The molecular weight excluding hydrogens is 807 g/mol. The maximum Gasteiger partial charge on any atom is 0.169 e. The normalized spacial score (nSPS) is 22.4. The van der Waals surface area contributed by atoms with Crippen molar-refractivity contribution < 1.29 is 13.6 Å². The van der Waals surface area contributed by atoms with E-state index in [4.69, 9.17) is 8.83 Å². The van der Waals surface area contributed by atoms with Gasteiger partial charge in [0, 0.05) is 54.1 Å². The highest BCUT2D eigenvalue weighted by Gasteiger charge is 2.46. The fourth-order valence-corrected chi connectivity index (χ4v) is 16.1. The highest BCUT2D eigenvalue weighted by Crippen LogP contribution is 2.61. The van der Waals surface area contributed by atoms with Crippen molar-refractivity contribution in [3.63, 3.8) is 0 Å². The Labute approximate surface area is 382 Å². The minimum atomic E-state index is -0.219. The first-order chi connectivity index (χ1) is 32.4. The maximum atomic E-state index is 15.2. The molecule has 11 aromatic rings. The number of para-hydroxylation sites is 2. The quantitative estimate of drug-likeness (QED) is 0.174. The van der Waals surface area contributed by atoms with E-state index in [1.54, 1.807) is 11.1 Å². The number of hydrogen-bond acceptors (Lipinski definition) is 3. The van der Waals surface area contributed by atoms with E-state index in [9.17, 15) is 0 Å². The highest BCUT2D eigenvalue weighted by atomic mass is 16.3. The van der Waals surface area contributed by atoms with Gasteiger partial charge in [0.2, 0.25) is 0 Å². The number of carbonyl (C=O) groups excluding carboxylic acids is 1. The van der Waals surface area contributed by atoms with Gasteiger partial charge in [0.25, 0.3) is 0 Å². The van der Waals surface area contributed by atoms with Crippen molar-refractivity contribution in [2.75, 3.05) is 0 Å². The van der Waals surface area contributed by atoms with Crippen LogP contribution in [-0.4, -0.2) is 10.2 Å². The van der Waals surface area contributed by atoms with E-state index in [-0.39, 0.29) is 5.41 Å². The monoisotopic (exact) mass is 857 g/mol. The summed E-state index contributed by atoms with van der Waals surface area (Å²) in [6.45, 7) is 4.97. The van der Waals surface area contributed by atoms with Crippen LogP contribution in [0.5, 0.6) is 0 Å². The van der Waals surface area contributed by atoms with Gasteiger partial charge in [0.1, 0.15) is 22.3 Å². The van der Waals surface area contributed by atoms with Gasteiger partial charge in [-0.25, -0.2) is 0 Å². The number of furan rings is 2. The van der Waals surface area contributed by atoms with Crippen LogP contribution in [-0.2, 0) is 6.42 Å². The molecule has 0 N–H and O–H groups in total. The molecule has 4 heterocycles. The van der Waals surface area contributed by atoms with Crippen LogP contribution >= 0.6 is 0 Å². The average Bonchev–Trinajstić information content (AvgIpc) is 4.07. The molecular formula is C62H51NO3. The fraction of sp³-hybridized carbons (Fsp3) is 0.306. The van der Waals surface area contributed by atoms with Crippen LogP contribution in [0.4, 0.5) is 0 Å². The molecule has 17 rings (SSSR count). The lowest BCUT2D eigenvalue weighted by atomic mass is 9.63. The van der Waals surface area contributed by atoms with Gasteiger partial charge in [-0.1, -0.05) is 79.9 Å². The Morgan fingerprint density at radius 1 is 0.500 bits per heavy atom. The number of rotatable bonds is 2. The molecule has 6 aliphatic carbocycles. The van der Waals surface area contributed by atoms with Gasteiger partial charge in [-0.2, -0.15) is 0 Å². The van der Waals surface area contributed by atoms with Crippen molar-refractivity contribution in [2.45, 2.75) is 103 Å². The van der Waals surface area contributed by atoms with Crippen LogP contribution in [0, 0.1) is 31.1 Å². The largest absolute Gasteiger partial charge is 0.456 e. The molecule has 4 bridgehead atoms. The van der Waals surface area contributed by atoms with Gasteiger partial charge in [-0.15, -0.1) is 0 Å². The number of carbonyl (C=O) groups is 1. The van der Waals surface area contributed by atoms with Crippen molar-refractivity contribution in [2.24, 2.45) is 17.3 Å². The standard InChI is InChI=1S/C62H51NO3/c1-32-52-37-25-34-24-35(26-37)28-38(27-34)53(52)33(2)59-54(32)58-45(40-15-11-19-51-56(40)42-13-5-7-17-49(42)66-51)30-44(39-14-10-18-50-55(39)41-12-4-6-16-48(41)65-50)57-46-29-36-20-23-62(21-8-3-9-22-62)61(64)43(36)31-47(46)63(59)60(57)58/h4-7,10-19,29-31,34-35,37-38H,3,8-9,20-28H2,1-2H3. The zero-order valence-electron chi connectivity index (χ0n) is 37.8. The predicted octanol–water partition coefficient (Wildman–Crippen LogP) is 17.1. The van der Waals surface area contributed by atoms with Crippen LogP contribution < -0.4 is 0 Å². The van der Waals surface area contributed by atoms with E-state index >= 15 is 4.79 Å². The van der Waals surface area contributed by atoms with Gasteiger partial charge in [0.05, 0.1) is 16.6 Å². The van der Waals surface area contributed by atoms with Crippen LogP contribution in [0.15, 0.2) is 112 Å². The van der Waals surface area contributed by atoms with Crippen molar-refractivity contribution >= 4 is 87.8 Å². The van der Waals surface area contributed by atoms with Crippen LogP contribution in [0.1, 0.15) is 121 Å². The highest BCUT2D eigenvalue weighted by molar-refractivity contribution is 6.34. The first-order valence-electron chi connectivity index (χ1n) is 25.1. The van der Waals surface area contributed by atoms with Crippen LogP contribution in [0.25, 0.3) is 104 Å². The fourth-order valence-electron chi connectivity index (χ4n) is 16.1. The molecule has 3 saturated carbocycles. The topological polar surface area (TPSA) is 47.8 Å². The third kappa shape index (κ3) is 4.54. The number of benzene rings is 7. The molecule has 2 unspecified atom stereocenters. The summed E-state index contributed by atoms with van der Waals surface area (Å²) in [7, 11) is 0. The molecule has 322 valence electrons. The zero-order chi connectivity index (χ0) is 43.3. The van der Waals surface area contributed by atoms with Gasteiger partial charge >= 0.3 is 0 Å². The second kappa shape index (κ2) is 12.7. The number of nitrogens with zero attached hydrogens (tertiary/aromatic N) is 1. The van der Waals surface area contributed by atoms with E-state index in [0.717, 1.165) is 99.8 Å². The summed E-state index contributed by atoms with van der Waals surface area (Å²) in [5.74, 6) is 3.28. The zero-order valence-corrected chi connectivity index (χ0v) is 37.8. The number of aromatic nitrogens is 1. The first kappa shape index (κ1) is 36.8. The average molecular weight is 858 g/mol. The Balaban J connectivity index is 1.14. The van der Waals surface area contributed by atoms with Crippen molar-refractivity contribution in [1.82, 2.24) is 4.40 Å². The molecule has 6 aliphatic rings. The van der Waals surface area contributed by atoms with Crippen LogP contribution in [0.3, 0.4) is 0 Å². The summed E-state index contributed by atoms with van der Waals surface area (Å²) in [5.41, 5.74) is 20.6. The molecule has 0 saturated heterocycles. The molecule has 7 aromatic carbocycles. The number of Topliss-reactive ketones (excluding diaryl/α,β-unsaturated/α-hetero) is 1. The van der Waals surface area contributed by atoms with Gasteiger partial charge in [-0.05, 0) is 188 Å². The molecule has 4 heteroatoms. The number of fused-ring (bicyclic) bond motifs is 13. The summed E-state index contributed by atoms with van der Waals surface area (Å²) in [4.78, 5) is 15.2. The van der Waals surface area contributed by atoms with E-state index in [2.05, 4.69) is 121 Å². The maximum absolute atomic E-state index is 15.2. The Bertz CT molecular complexity index is 3960. The van der Waals surface area contributed by atoms with E-state index in [0.29, 0.717) is 17.6 Å². The SMILES string of the molecule is Cc1c2c(c(C)c3c1c1c(-c4cccc5oc6ccccc6c45)cc(-c4cccc5oc6ccccc6c45)c4c5cc6c(cc5n3c41)C(=O)C1(CCCCC1)CC6)C1CC3CC(CC2C3)C1. The first-order valence-corrected chi connectivity index (χ1v) is 25.1. The lowest BCUT2D eigenvalue weighted by Gasteiger charge is -2.39. The molecule has 3 fully saturated rings. The predicted molar refractivity (Wildman–Crippen MR) is 270 cm³/mol. The van der Waals surface area contributed by atoms with Crippen molar-refractivity contribution in [3.05, 3.63) is 137 Å². The Hall–Kier alpha value is -6.39. The Morgan fingerprint density at radius 3 is 1.74 bits per heavy atom. The van der Waals surface area contributed by atoms with E-state index in [1.165, 1.54) is 116 Å². The molecule has 4 aromatic heterocycles. The molecule has 0 amide bonds. The van der Waals surface area contributed by atoms with E-state index in [1.807, 2.05) is 0 Å². The van der Waals surface area contributed by atoms with Gasteiger partial charge < -0.3 is 13.2 Å². The van der Waals surface area contributed by atoms with Crippen molar-refractivity contribution in [3.8, 4) is 22.3 Å². The van der Waals surface area contributed by atoms with Crippen molar-refractivity contribution in [1.29, 1.82) is 0 Å². The lowest BCUT2D eigenvalue weighted by molar-refractivity contribution is 0.0669. The summed E-state index contributed by atoms with van der Waals surface area (Å²) in [6, 6.07) is 37.8. The lowest BCUT2D eigenvalue weighted by Crippen LogP contribution is -2.37. The molecule has 1 spiro atoms. The van der Waals surface area contributed by atoms with E-state index < -0.39 is 0 Å². The summed E-state index contributed by atoms with van der Waals surface area (Å²) in [6.07, 6.45) is 14.3. The summed E-state index contributed by atoms with van der Waals surface area (Å²) >= 11 is 0. The van der Waals surface area contributed by atoms with Gasteiger partial charge in [-0.3, -0.25) is 4.79 Å². The summed E-state index contributed by atoms with van der Waals surface area (Å²) in [5, 5.41) is 9.87. The third-order valence-electron chi connectivity index (χ3n) is 18.5. The minimum Gasteiger partial charge on any atom is -0.456 e.